The summed E-state index contributed by atoms with van der Waals surface area (Å²) in [5, 5.41) is 6.70. The topological polar surface area (TPSA) is 124 Å². The van der Waals surface area contributed by atoms with E-state index in [1.54, 1.807) is 19.1 Å². The molecule has 26 heavy (non-hydrogen) atoms. The molecule has 0 aliphatic heterocycles. The summed E-state index contributed by atoms with van der Waals surface area (Å²) in [5.74, 6) is 0. The van der Waals surface area contributed by atoms with E-state index in [4.69, 9.17) is 4.74 Å². The van der Waals surface area contributed by atoms with Gasteiger partial charge in [-0.3, -0.25) is 0 Å². The molecule has 0 atom stereocenters. The summed E-state index contributed by atoms with van der Waals surface area (Å²) in [6.45, 7) is 5.63. The summed E-state index contributed by atoms with van der Waals surface area (Å²) in [6, 6.07) is 4.83. The van der Waals surface area contributed by atoms with Crippen LogP contribution in [-0.2, 0) is 17.1 Å². The van der Waals surface area contributed by atoms with E-state index in [1.807, 2.05) is 18.6 Å². The number of hydrogen-bond donors (Lipinski definition) is 2. The number of aromatic nitrogens is 3. The highest BCUT2D eigenvalue weighted by Gasteiger charge is 2.25. The molecule has 0 saturated carbocycles. The number of carbonyl (C=O) groups excluding carboxylic acids is 1. The second-order valence-corrected chi connectivity index (χ2v) is 7.33. The number of nitrogens with one attached hydrogen (secondary N) is 2. The van der Waals surface area contributed by atoms with Crippen LogP contribution >= 0.6 is 0 Å². The summed E-state index contributed by atoms with van der Waals surface area (Å²) in [7, 11) is -2.87. The van der Waals surface area contributed by atoms with E-state index in [2.05, 4.69) is 10.4 Å². The Labute approximate surface area is 150 Å². The van der Waals surface area contributed by atoms with Crippen LogP contribution in [0.2, 0.25) is 0 Å². The van der Waals surface area contributed by atoms with Crippen LogP contribution in [0.3, 0.4) is 0 Å². The zero-order chi connectivity index (χ0) is 19.5. The van der Waals surface area contributed by atoms with Crippen molar-refractivity contribution in [1.29, 1.82) is 0 Å². The molecule has 0 spiro atoms. The van der Waals surface area contributed by atoms with Crippen LogP contribution in [0.25, 0.3) is 0 Å². The lowest BCUT2D eigenvalue weighted by Crippen LogP contribution is -2.40. The van der Waals surface area contributed by atoms with Crippen LogP contribution in [0.4, 0.5) is 10.5 Å². The molecule has 2 aromatic rings. The van der Waals surface area contributed by atoms with Crippen LogP contribution in [-0.4, -0.2) is 41.4 Å². The number of hydrogen-bond acceptors (Lipinski definition) is 7. The summed E-state index contributed by atoms with van der Waals surface area (Å²) in [6.07, 6.45) is 0. The maximum Gasteiger partial charge on any atom is 0.360 e. The summed E-state index contributed by atoms with van der Waals surface area (Å²) < 4.78 is 33.6. The maximum absolute atomic E-state index is 12.6. The number of ether oxygens (including phenoxy) is 1. The molecule has 0 unspecified atom stereocenters. The second kappa shape index (κ2) is 7.60. The minimum atomic E-state index is -4.23. The second-order valence-electron chi connectivity index (χ2n) is 5.67. The van der Waals surface area contributed by atoms with Crippen LogP contribution in [0.1, 0.15) is 20.8 Å². The molecule has 1 amide bonds. The minimum Gasteiger partial charge on any atom is -0.464 e. The molecule has 0 aliphatic rings. The molecule has 2 N–H and O–H groups in total. The molecular weight excluding hydrogens is 362 g/mol. The van der Waals surface area contributed by atoms with Gasteiger partial charge in [0, 0.05) is 13.1 Å². The van der Waals surface area contributed by atoms with Crippen molar-refractivity contribution in [2.75, 3.05) is 11.9 Å². The molecule has 0 fully saturated rings. The number of benzene rings is 1. The van der Waals surface area contributed by atoms with Gasteiger partial charge in [-0.15, -0.1) is 9.78 Å². The van der Waals surface area contributed by atoms with Gasteiger partial charge in [-0.1, -0.05) is 12.1 Å². The van der Waals surface area contributed by atoms with Gasteiger partial charge in [-0.25, -0.2) is 27.3 Å². The van der Waals surface area contributed by atoms with Gasteiger partial charge in [0.1, 0.15) is 4.90 Å². The van der Waals surface area contributed by atoms with E-state index in [0.717, 1.165) is 4.57 Å². The van der Waals surface area contributed by atoms with Gasteiger partial charge >= 0.3 is 17.7 Å². The van der Waals surface area contributed by atoms with Crippen LogP contribution < -0.4 is 20.5 Å². The number of rotatable bonds is 6. The third kappa shape index (κ3) is 4.04. The molecule has 1 heterocycles. The molecule has 142 valence electrons. The normalized spacial score (nSPS) is 11.4. The first-order valence-electron chi connectivity index (χ1n) is 7.89. The van der Waals surface area contributed by atoms with Crippen LogP contribution in [0.15, 0.2) is 34.0 Å². The maximum atomic E-state index is 12.6. The molecule has 10 nitrogen and oxygen atoms in total. The fourth-order valence-electron chi connectivity index (χ4n) is 2.15. The van der Waals surface area contributed by atoms with Crippen LogP contribution in [0.5, 0.6) is 6.01 Å². The van der Waals surface area contributed by atoms with Gasteiger partial charge < -0.3 is 10.1 Å². The Morgan fingerprint density at radius 2 is 1.96 bits per heavy atom. The molecule has 2 rings (SSSR count). The Morgan fingerprint density at radius 1 is 1.31 bits per heavy atom. The average Bonchev–Trinajstić information content (AvgIpc) is 2.83. The van der Waals surface area contributed by atoms with Gasteiger partial charge in [0.2, 0.25) is 0 Å². The number of para-hydroxylation sites is 1. The van der Waals surface area contributed by atoms with E-state index < -0.39 is 21.7 Å². The third-order valence-electron chi connectivity index (χ3n) is 3.25. The largest absolute Gasteiger partial charge is 0.464 e. The number of anilines is 1. The van der Waals surface area contributed by atoms with Crippen molar-refractivity contribution in [2.24, 2.45) is 7.05 Å². The lowest BCUT2D eigenvalue weighted by molar-refractivity contribution is 0.242. The standard InChI is InChI=1S/C15H21N5O5S/c1-5-25-14-17-20(15(22)19(14)4)13(21)18-26(23,24)12-9-7-6-8-11(12)16-10(2)3/h6-10,16H,5H2,1-4H3,(H,18,21). The zero-order valence-corrected chi connectivity index (χ0v) is 15.7. The minimum absolute atomic E-state index is 0.0192. The van der Waals surface area contributed by atoms with Gasteiger partial charge in [0.05, 0.1) is 12.3 Å². The van der Waals surface area contributed by atoms with Crippen molar-refractivity contribution < 1.29 is 17.9 Å². The van der Waals surface area contributed by atoms with Crippen molar-refractivity contribution in [1.82, 2.24) is 19.1 Å². The Kier molecular flexibility index (Phi) is 5.70. The molecule has 0 saturated heterocycles. The van der Waals surface area contributed by atoms with E-state index >= 15 is 0 Å². The first-order valence-corrected chi connectivity index (χ1v) is 9.37. The Morgan fingerprint density at radius 3 is 2.58 bits per heavy atom. The van der Waals surface area contributed by atoms with Crippen molar-refractivity contribution in [3.8, 4) is 6.01 Å². The third-order valence-corrected chi connectivity index (χ3v) is 4.63. The number of nitrogens with zero attached hydrogens (tertiary/aromatic N) is 3. The first kappa shape index (κ1) is 19.5. The molecular formula is C15H21N5O5S. The molecule has 0 radical (unpaired) electrons. The van der Waals surface area contributed by atoms with Gasteiger partial charge in [0.15, 0.2) is 0 Å². The summed E-state index contributed by atoms with van der Waals surface area (Å²) in [5.41, 5.74) is -0.485. The van der Waals surface area contributed by atoms with Gasteiger partial charge in [-0.2, -0.15) is 0 Å². The fourth-order valence-corrected chi connectivity index (χ4v) is 3.25. The predicted molar refractivity (Wildman–Crippen MR) is 95.0 cm³/mol. The molecule has 0 aliphatic carbocycles. The van der Waals surface area contributed by atoms with Crippen molar-refractivity contribution in [2.45, 2.75) is 31.7 Å². The van der Waals surface area contributed by atoms with E-state index in [1.165, 1.54) is 19.2 Å². The first-order chi connectivity index (χ1) is 12.2. The lowest BCUT2D eigenvalue weighted by Gasteiger charge is -2.15. The quantitative estimate of drug-likeness (QED) is 0.754. The highest BCUT2D eigenvalue weighted by molar-refractivity contribution is 7.90. The highest BCUT2D eigenvalue weighted by Crippen LogP contribution is 2.21. The Hall–Kier alpha value is -2.82. The van der Waals surface area contributed by atoms with Crippen LogP contribution in [0, 0.1) is 0 Å². The molecule has 11 heteroatoms. The van der Waals surface area contributed by atoms with E-state index in [9.17, 15) is 18.0 Å². The van der Waals surface area contributed by atoms with Gasteiger partial charge in [-0.05, 0) is 32.9 Å². The predicted octanol–water partition coefficient (Wildman–Crippen LogP) is 0.747. The molecule has 0 bridgehead atoms. The lowest BCUT2D eigenvalue weighted by atomic mass is 10.3. The number of sulfonamides is 1. The van der Waals surface area contributed by atoms with Gasteiger partial charge in [0.25, 0.3) is 10.0 Å². The monoisotopic (exact) mass is 383 g/mol. The van der Waals surface area contributed by atoms with E-state index in [0.29, 0.717) is 10.4 Å². The average molecular weight is 383 g/mol. The smallest absolute Gasteiger partial charge is 0.360 e. The van der Waals surface area contributed by atoms with E-state index in [-0.39, 0.29) is 23.6 Å². The van der Waals surface area contributed by atoms with Crippen molar-refractivity contribution >= 4 is 21.7 Å². The van der Waals surface area contributed by atoms with Crippen molar-refractivity contribution in [3.05, 3.63) is 34.7 Å². The number of amides is 1. The van der Waals surface area contributed by atoms with Crippen molar-refractivity contribution in [3.63, 3.8) is 0 Å². The Bertz CT molecular complexity index is 961. The number of carbonyl (C=O) groups is 1. The Balaban J connectivity index is 2.35. The summed E-state index contributed by atoms with van der Waals surface area (Å²) in [4.78, 5) is 24.2. The fraction of sp³-hybridized carbons (Fsp3) is 0.400. The SMILES string of the molecule is CCOc1nn(C(=O)NS(=O)(=O)c2ccccc2NC(C)C)c(=O)n1C. The highest BCUT2D eigenvalue weighted by atomic mass is 32.2. The molecule has 1 aromatic carbocycles. The zero-order valence-electron chi connectivity index (χ0n) is 14.9. The summed E-state index contributed by atoms with van der Waals surface area (Å²) >= 11 is 0. The molecule has 1 aromatic heterocycles.